The molecule has 47 heavy (non-hydrogen) atoms. The van der Waals surface area contributed by atoms with Crippen molar-refractivity contribution in [3.05, 3.63) is 65.1 Å². The Hall–Kier alpha value is -4.02. The number of piperidine rings is 1. The van der Waals surface area contributed by atoms with Crippen molar-refractivity contribution in [3.8, 4) is 28.1 Å². The number of aliphatic carboxylic acids is 1. The van der Waals surface area contributed by atoms with Crippen LogP contribution < -0.4 is 9.64 Å². The van der Waals surface area contributed by atoms with Crippen molar-refractivity contribution in [2.75, 3.05) is 24.6 Å². The van der Waals surface area contributed by atoms with Crippen LogP contribution in [0.3, 0.4) is 0 Å². The first-order chi connectivity index (χ1) is 22.2. The van der Waals surface area contributed by atoms with Crippen molar-refractivity contribution in [1.29, 1.82) is 0 Å². The summed E-state index contributed by atoms with van der Waals surface area (Å²) in [7, 11) is 0. The lowest BCUT2D eigenvalue weighted by atomic mass is 9.92. The molecule has 250 valence electrons. The Labute approximate surface area is 275 Å². The summed E-state index contributed by atoms with van der Waals surface area (Å²) in [4.78, 5) is 19.8. The summed E-state index contributed by atoms with van der Waals surface area (Å²) in [5.74, 6) is -0.265. The van der Waals surface area contributed by atoms with E-state index < -0.39 is 17.7 Å². The summed E-state index contributed by atoms with van der Waals surface area (Å²) in [6, 6.07) is 13.1. The first-order valence-corrected chi connectivity index (χ1v) is 16.5. The van der Waals surface area contributed by atoms with E-state index in [9.17, 15) is 9.90 Å². The number of hydrogen-bond donors (Lipinski definition) is 1. The summed E-state index contributed by atoms with van der Waals surface area (Å²) in [6.45, 7) is 15.1. The Morgan fingerprint density at radius 3 is 2.55 bits per heavy atom. The molecule has 0 radical (unpaired) electrons. The van der Waals surface area contributed by atoms with E-state index in [1.807, 2.05) is 71.0 Å². The maximum atomic E-state index is 15.8. The van der Waals surface area contributed by atoms with E-state index in [1.165, 1.54) is 0 Å². The van der Waals surface area contributed by atoms with Crippen LogP contribution >= 0.6 is 0 Å². The second-order valence-corrected chi connectivity index (χ2v) is 14.2. The maximum absolute atomic E-state index is 15.8. The van der Waals surface area contributed by atoms with Gasteiger partial charge in [-0.15, -0.1) is 0 Å². The Morgan fingerprint density at radius 2 is 1.85 bits per heavy atom. The van der Waals surface area contributed by atoms with Gasteiger partial charge in [0.05, 0.1) is 34.1 Å². The molecule has 10 heteroatoms. The van der Waals surface area contributed by atoms with Gasteiger partial charge in [0.25, 0.3) is 0 Å². The fourth-order valence-electron chi connectivity index (χ4n) is 6.62. The Morgan fingerprint density at radius 1 is 1.13 bits per heavy atom. The lowest BCUT2D eigenvalue weighted by Crippen LogP contribution is -2.46. The number of aromatic nitrogens is 3. The number of halogens is 1. The smallest absolute Gasteiger partial charge is 0.337 e. The number of anilines is 1. The fraction of sp³-hybridized carbons (Fsp3) is 0.486. The normalized spacial score (nSPS) is 21.1. The van der Waals surface area contributed by atoms with Gasteiger partial charge in [-0.3, -0.25) is 0 Å². The predicted octanol–water partition coefficient (Wildman–Crippen LogP) is 7.70. The minimum absolute atomic E-state index is 0.139. The van der Waals surface area contributed by atoms with Gasteiger partial charge < -0.3 is 24.2 Å². The molecule has 0 aliphatic carbocycles. The number of rotatable bonds is 3. The van der Waals surface area contributed by atoms with Crippen LogP contribution in [0.1, 0.15) is 83.2 Å². The molecule has 0 unspecified atom stereocenters. The number of aryl methyl sites for hydroxylation is 2. The second kappa shape index (κ2) is 12.5. The molecule has 2 atom stereocenters. The molecule has 1 N–H and O–H groups in total. The number of ether oxygens (including phenoxy) is 3. The summed E-state index contributed by atoms with van der Waals surface area (Å²) in [6.07, 6.45) is 1.67. The molecular weight excluding hydrogens is 599 g/mol. The van der Waals surface area contributed by atoms with E-state index in [-0.39, 0.29) is 17.5 Å². The molecule has 3 aliphatic rings. The van der Waals surface area contributed by atoms with Crippen LogP contribution in [0.5, 0.6) is 5.75 Å². The molecule has 4 aromatic rings. The molecule has 1 saturated heterocycles. The lowest BCUT2D eigenvalue weighted by molar-refractivity contribution is -0.160. The number of benzene rings is 2. The molecule has 1 fully saturated rings. The monoisotopic (exact) mass is 644 g/mol. The number of carboxylic acids is 1. The Bertz CT molecular complexity index is 1800. The van der Waals surface area contributed by atoms with Crippen molar-refractivity contribution in [3.63, 3.8) is 0 Å². The van der Waals surface area contributed by atoms with Gasteiger partial charge >= 0.3 is 5.97 Å². The highest BCUT2D eigenvalue weighted by atomic mass is 19.1. The molecule has 7 rings (SSSR count). The zero-order valence-corrected chi connectivity index (χ0v) is 28.4. The van der Waals surface area contributed by atoms with E-state index in [4.69, 9.17) is 24.3 Å². The minimum Gasteiger partial charge on any atom is -0.490 e. The highest BCUT2D eigenvalue weighted by molar-refractivity contribution is 5.80. The van der Waals surface area contributed by atoms with Crippen LogP contribution in [0, 0.1) is 19.7 Å². The van der Waals surface area contributed by atoms with Gasteiger partial charge in [-0.2, -0.15) is 9.61 Å². The molecule has 6 bridgehead atoms. The Balaban J connectivity index is 1.57. The molecule has 2 aromatic carbocycles. The first-order valence-electron chi connectivity index (χ1n) is 16.5. The number of hydrogen-bond acceptors (Lipinski definition) is 7. The average molecular weight is 645 g/mol. The number of nitrogens with zero attached hydrogens (tertiary/aromatic N) is 4. The molecule has 2 aromatic heterocycles. The van der Waals surface area contributed by atoms with Crippen molar-refractivity contribution >= 4 is 17.4 Å². The van der Waals surface area contributed by atoms with Crippen molar-refractivity contribution < 1.29 is 28.5 Å². The minimum atomic E-state index is -1.26. The first kappa shape index (κ1) is 32.9. The van der Waals surface area contributed by atoms with Gasteiger partial charge in [0.15, 0.2) is 11.8 Å². The zero-order chi connectivity index (χ0) is 33.7. The second-order valence-electron chi connectivity index (χ2n) is 14.2. The lowest BCUT2D eigenvalue weighted by Gasteiger charge is -2.41. The van der Waals surface area contributed by atoms with Crippen LogP contribution in [-0.2, 0) is 14.3 Å². The van der Waals surface area contributed by atoms with Crippen LogP contribution in [0.15, 0.2) is 42.5 Å². The molecule has 0 amide bonds. The van der Waals surface area contributed by atoms with Crippen molar-refractivity contribution in [2.24, 2.45) is 0 Å². The third-order valence-electron chi connectivity index (χ3n) is 9.16. The average Bonchev–Trinajstić information content (AvgIpc) is 3.43. The van der Waals surface area contributed by atoms with Gasteiger partial charge in [-0.1, -0.05) is 24.3 Å². The van der Waals surface area contributed by atoms with Gasteiger partial charge in [0.1, 0.15) is 17.4 Å². The van der Waals surface area contributed by atoms with Gasteiger partial charge in [0.2, 0.25) is 0 Å². The van der Waals surface area contributed by atoms with Gasteiger partial charge in [-0.05, 0) is 97.4 Å². The van der Waals surface area contributed by atoms with Crippen LogP contribution in [-0.4, -0.2) is 62.7 Å². The molecule has 0 saturated carbocycles. The number of carboxylic acid groups (broad SMARTS) is 1. The van der Waals surface area contributed by atoms with E-state index in [0.717, 1.165) is 31.2 Å². The number of fused-ring (bicyclic) bond motifs is 7. The standard InChI is InChI=1S/C37H45FN4O5/c1-22-13-14-28-31(32(22)38)26-12-8-11-25(20-26)27-21-29-39-24(3)30(33(35(43)44)47-36(4,5)6)34(42(29)40-27)41-17-15-37(7,16-18-41)45-19-9-10-23(2)46-28/h8,11-14,20-21,23,33H,9-10,15-19H2,1-7H3,(H,43,44)/t23-,33-/m0/s1. The van der Waals surface area contributed by atoms with Crippen LogP contribution in [0.4, 0.5) is 10.2 Å². The van der Waals surface area contributed by atoms with Gasteiger partial charge in [-0.25, -0.2) is 14.2 Å². The fourth-order valence-corrected chi connectivity index (χ4v) is 6.62. The van der Waals surface area contributed by atoms with Crippen LogP contribution in [0.2, 0.25) is 0 Å². The SMILES string of the molecule is Cc1ccc2c(c1F)-c1cccc(c1)-c1cc3nc(C)c([C@H](OC(C)(C)C)C(=O)O)c(n3n1)N1CCC(C)(CC1)OCCC[C@H](C)O2. The largest absolute Gasteiger partial charge is 0.490 e. The van der Waals surface area contributed by atoms with Crippen molar-refractivity contribution in [1.82, 2.24) is 14.6 Å². The van der Waals surface area contributed by atoms with E-state index >= 15 is 4.39 Å². The summed E-state index contributed by atoms with van der Waals surface area (Å²) >= 11 is 0. The van der Waals surface area contributed by atoms with E-state index in [2.05, 4.69) is 11.8 Å². The molecular formula is C37H45FN4O5. The van der Waals surface area contributed by atoms with Crippen LogP contribution in [0.25, 0.3) is 28.0 Å². The molecule has 5 heterocycles. The molecule has 3 aliphatic heterocycles. The zero-order valence-electron chi connectivity index (χ0n) is 28.4. The Kier molecular flexibility index (Phi) is 8.78. The summed E-state index contributed by atoms with van der Waals surface area (Å²) < 4.78 is 36.6. The highest BCUT2D eigenvalue weighted by Gasteiger charge is 2.38. The molecule has 0 spiro atoms. The predicted molar refractivity (Wildman–Crippen MR) is 180 cm³/mol. The maximum Gasteiger partial charge on any atom is 0.337 e. The summed E-state index contributed by atoms with van der Waals surface area (Å²) in [5, 5.41) is 15.5. The van der Waals surface area contributed by atoms with E-state index in [0.29, 0.717) is 70.6 Å². The molecule has 9 nitrogen and oxygen atoms in total. The van der Waals surface area contributed by atoms with Gasteiger partial charge in [0, 0.05) is 37.0 Å². The summed E-state index contributed by atoms with van der Waals surface area (Å²) in [5.41, 5.74) is 3.60. The third-order valence-corrected chi connectivity index (χ3v) is 9.16. The quantitative estimate of drug-likeness (QED) is 0.242. The third kappa shape index (κ3) is 6.71. The highest BCUT2D eigenvalue weighted by Crippen LogP contribution is 2.40. The van der Waals surface area contributed by atoms with E-state index in [1.54, 1.807) is 17.5 Å². The topological polar surface area (TPSA) is 98.4 Å². The number of carbonyl (C=O) groups is 1. The van der Waals surface area contributed by atoms with Crippen molar-refractivity contribution in [2.45, 2.75) is 97.6 Å².